The highest BCUT2D eigenvalue weighted by Gasteiger charge is 2.26. The molecule has 2 N–H and O–H groups in total. The van der Waals surface area contributed by atoms with Crippen LogP contribution in [0.1, 0.15) is 28.4 Å². The Hall–Kier alpha value is -1.85. The van der Waals surface area contributed by atoms with Crippen molar-refractivity contribution in [2.24, 2.45) is 0 Å². The lowest BCUT2D eigenvalue weighted by Crippen LogP contribution is -2.32. The van der Waals surface area contributed by atoms with Crippen LogP contribution in [0.15, 0.2) is 48.8 Å². The van der Waals surface area contributed by atoms with Crippen LogP contribution < -0.4 is 10.6 Å². The number of benzene rings is 1. The number of aryl methyl sites for hydroxylation is 1. The number of carbonyl (C=O) groups excluding carboxylic acids is 1. The predicted molar refractivity (Wildman–Crippen MR) is 98.9 cm³/mol. The Balaban J connectivity index is 1.37. The molecule has 4 nitrogen and oxygen atoms in total. The van der Waals surface area contributed by atoms with Gasteiger partial charge in [0, 0.05) is 25.5 Å². The number of fused-ring (bicyclic) bond motifs is 1. The van der Waals surface area contributed by atoms with Gasteiger partial charge in [0.15, 0.2) is 0 Å². The van der Waals surface area contributed by atoms with E-state index >= 15 is 0 Å². The van der Waals surface area contributed by atoms with Gasteiger partial charge >= 0.3 is 0 Å². The van der Waals surface area contributed by atoms with Gasteiger partial charge < -0.3 is 10.6 Å². The molecule has 1 amide bonds. The van der Waals surface area contributed by atoms with Gasteiger partial charge in [-0.1, -0.05) is 30.3 Å². The second kappa shape index (κ2) is 8.85. The number of aromatic nitrogens is 1. The van der Waals surface area contributed by atoms with E-state index in [0.29, 0.717) is 6.54 Å². The maximum absolute atomic E-state index is 12.5. The molecule has 126 valence electrons. The number of nitrogens with one attached hydrogen (secondary N) is 2. The first-order valence-corrected chi connectivity index (χ1v) is 9.46. The second-order valence-corrected chi connectivity index (χ2v) is 7.10. The summed E-state index contributed by atoms with van der Waals surface area (Å²) in [6.45, 7) is 2.40. The number of hydrogen-bond donors (Lipinski definition) is 2. The first-order valence-electron chi connectivity index (χ1n) is 8.41. The summed E-state index contributed by atoms with van der Waals surface area (Å²) in [6.07, 6.45) is 5.63. The molecule has 0 aliphatic carbocycles. The maximum atomic E-state index is 12.5. The fourth-order valence-electron chi connectivity index (χ4n) is 2.86. The Morgan fingerprint density at radius 1 is 1.21 bits per heavy atom. The van der Waals surface area contributed by atoms with Crippen molar-refractivity contribution in [3.63, 3.8) is 0 Å². The summed E-state index contributed by atoms with van der Waals surface area (Å²) < 4.78 is 0. The molecular formula is C19H23N3OS. The van der Waals surface area contributed by atoms with E-state index in [4.69, 9.17) is 0 Å². The van der Waals surface area contributed by atoms with Crippen molar-refractivity contribution in [3.8, 4) is 0 Å². The van der Waals surface area contributed by atoms with Crippen LogP contribution in [0.4, 0.5) is 0 Å². The average Bonchev–Trinajstić information content (AvgIpc) is 2.64. The SMILES string of the molecule is O=C(NCCCNCc1cccnc1)C1SCCc2ccccc21. The van der Waals surface area contributed by atoms with Crippen LogP contribution in [-0.4, -0.2) is 29.7 Å². The van der Waals surface area contributed by atoms with Gasteiger partial charge in [-0.25, -0.2) is 0 Å². The van der Waals surface area contributed by atoms with Crippen molar-refractivity contribution in [2.45, 2.75) is 24.6 Å². The average molecular weight is 341 g/mol. The highest BCUT2D eigenvalue weighted by atomic mass is 32.2. The van der Waals surface area contributed by atoms with Crippen molar-refractivity contribution < 1.29 is 4.79 Å². The lowest BCUT2D eigenvalue weighted by molar-refractivity contribution is -0.120. The number of thioether (sulfide) groups is 1. The Kier molecular flexibility index (Phi) is 6.26. The van der Waals surface area contributed by atoms with Gasteiger partial charge in [-0.2, -0.15) is 0 Å². The molecule has 2 aromatic rings. The highest BCUT2D eigenvalue weighted by Crippen LogP contribution is 2.36. The smallest absolute Gasteiger partial charge is 0.237 e. The normalized spacial score (nSPS) is 16.4. The molecule has 0 saturated carbocycles. The molecule has 1 aliphatic heterocycles. The number of nitrogens with zero attached hydrogens (tertiary/aromatic N) is 1. The van der Waals surface area contributed by atoms with Crippen LogP contribution >= 0.6 is 11.8 Å². The van der Waals surface area contributed by atoms with Gasteiger partial charge in [-0.3, -0.25) is 9.78 Å². The minimum absolute atomic E-state index is 0.0571. The quantitative estimate of drug-likeness (QED) is 0.761. The highest BCUT2D eigenvalue weighted by molar-refractivity contribution is 8.00. The Morgan fingerprint density at radius 3 is 3.00 bits per heavy atom. The molecule has 0 saturated heterocycles. The standard InChI is InChI=1S/C19H23N3OS/c23-19(18-17-7-2-1-6-16(17)8-12-24-18)22-11-4-10-21-14-15-5-3-9-20-13-15/h1-3,5-7,9,13,18,21H,4,8,10-12,14H2,(H,22,23). The molecule has 1 aromatic heterocycles. The fraction of sp³-hybridized carbons (Fsp3) is 0.368. The van der Waals surface area contributed by atoms with E-state index in [1.165, 1.54) is 16.7 Å². The molecule has 1 aromatic carbocycles. The lowest BCUT2D eigenvalue weighted by Gasteiger charge is -2.24. The molecule has 0 bridgehead atoms. The zero-order valence-electron chi connectivity index (χ0n) is 13.7. The van der Waals surface area contributed by atoms with Gasteiger partial charge in [0.1, 0.15) is 5.25 Å². The van der Waals surface area contributed by atoms with Crippen molar-refractivity contribution >= 4 is 17.7 Å². The summed E-state index contributed by atoms with van der Waals surface area (Å²) in [6, 6.07) is 12.3. The van der Waals surface area contributed by atoms with Gasteiger partial charge in [-0.15, -0.1) is 11.8 Å². The molecule has 1 atom stereocenters. The molecule has 0 spiro atoms. The number of amides is 1. The van der Waals surface area contributed by atoms with Gasteiger partial charge in [0.05, 0.1) is 0 Å². The second-order valence-electron chi connectivity index (χ2n) is 5.88. The van der Waals surface area contributed by atoms with E-state index in [2.05, 4.69) is 39.9 Å². The molecule has 3 rings (SSSR count). The van der Waals surface area contributed by atoms with E-state index < -0.39 is 0 Å². The summed E-state index contributed by atoms with van der Waals surface area (Å²) >= 11 is 1.74. The number of pyridine rings is 1. The molecule has 0 radical (unpaired) electrons. The summed E-state index contributed by atoms with van der Waals surface area (Å²) in [4.78, 5) is 16.5. The number of hydrogen-bond acceptors (Lipinski definition) is 4. The van der Waals surface area contributed by atoms with Crippen LogP contribution in [0.2, 0.25) is 0 Å². The minimum Gasteiger partial charge on any atom is -0.355 e. The fourth-order valence-corrected chi connectivity index (χ4v) is 4.08. The first-order chi connectivity index (χ1) is 11.8. The van der Waals surface area contributed by atoms with Crippen LogP contribution in [0.25, 0.3) is 0 Å². The summed E-state index contributed by atoms with van der Waals surface area (Å²) in [7, 11) is 0. The zero-order chi connectivity index (χ0) is 16.6. The molecule has 2 heterocycles. The summed E-state index contributed by atoms with van der Waals surface area (Å²) in [5.41, 5.74) is 3.67. The third-order valence-electron chi connectivity index (χ3n) is 4.11. The maximum Gasteiger partial charge on any atom is 0.237 e. The lowest BCUT2D eigenvalue weighted by atomic mass is 10.0. The number of rotatable bonds is 7. The molecule has 5 heteroatoms. The van der Waals surface area contributed by atoms with Crippen molar-refractivity contribution in [1.29, 1.82) is 0 Å². The third-order valence-corrected chi connectivity index (χ3v) is 5.35. The summed E-state index contributed by atoms with van der Waals surface area (Å²) in [5.74, 6) is 1.15. The van der Waals surface area contributed by atoms with Gasteiger partial charge in [0.25, 0.3) is 0 Å². The molecular weight excluding hydrogens is 318 g/mol. The largest absolute Gasteiger partial charge is 0.355 e. The van der Waals surface area contributed by atoms with E-state index in [1.807, 2.05) is 18.3 Å². The summed E-state index contributed by atoms with van der Waals surface area (Å²) in [5, 5.41) is 6.40. The van der Waals surface area contributed by atoms with E-state index in [9.17, 15) is 4.79 Å². The minimum atomic E-state index is -0.0571. The van der Waals surface area contributed by atoms with Crippen molar-refractivity contribution in [2.75, 3.05) is 18.8 Å². The van der Waals surface area contributed by atoms with Crippen LogP contribution in [0, 0.1) is 0 Å². The van der Waals surface area contributed by atoms with Gasteiger partial charge in [-0.05, 0) is 47.9 Å². The van der Waals surface area contributed by atoms with E-state index in [1.54, 1.807) is 18.0 Å². The third kappa shape index (κ3) is 4.58. The molecule has 0 fully saturated rings. The molecule has 24 heavy (non-hydrogen) atoms. The molecule has 1 aliphatic rings. The van der Waals surface area contributed by atoms with Crippen molar-refractivity contribution in [3.05, 3.63) is 65.5 Å². The zero-order valence-corrected chi connectivity index (χ0v) is 14.5. The Morgan fingerprint density at radius 2 is 2.12 bits per heavy atom. The monoisotopic (exact) mass is 341 g/mol. The van der Waals surface area contributed by atoms with Gasteiger partial charge in [0.2, 0.25) is 5.91 Å². The molecule has 1 unspecified atom stereocenters. The van der Waals surface area contributed by atoms with E-state index in [0.717, 1.165) is 31.7 Å². The Bertz CT molecular complexity index is 663. The van der Waals surface area contributed by atoms with Crippen LogP contribution in [0.5, 0.6) is 0 Å². The van der Waals surface area contributed by atoms with E-state index in [-0.39, 0.29) is 11.2 Å². The van der Waals surface area contributed by atoms with Crippen LogP contribution in [0.3, 0.4) is 0 Å². The Labute approximate surface area is 147 Å². The first kappa shape index (κ1) is 17.0. The van der Waals surface area contributed by atoms with Crippen molar-refractivity contribution in [1.82, 2.24) is 15.6 Å². The predicted octanol–water partition coefficient (Wildman–Crippen LogP) is 2.71. The number of carbonyl (C=O) groups is 1. The topological polar surface area (TPSA) is 54.0 Å². The van der Waals surface area contributed by atoms with Crippen LogP contribution in [-0.2, 0) is 17.8 Å².